The normalized spacial score (nSPS) is 10.1. The van der Waals surface area contributed by atoms with Crippen molar-refractivity contribution in [2.24, 2.45) is 0 Å². The van der Waals surface area contributed by atoms with E-state index >= 15 is 0 Å². The highest BCUT2D eigenvalue weighted by molar-refractivity contribution is 5.61. The maximum atomic E-state index is 10.5. The molecule has 5 nitrogen and oxygen atoms in total. The molecule has 0 unspecified atom stereocenters. The van der Waals surface area contributed by atoms with Crippen LogP contribution in [0.5, 0.6) is 0 Å². The Hall–Kier alpha value is -2.43. The minimum atomic E-state index is -0.464. The Labute approximate surface area is 105 Å². The molecule has 0 spiro atoms. The van der Waals surface area contributed by atoms with E-state index in [9.17, 15) is 10.1 Å². The van der Waals surface area contributed by atoms with Crippen LogP contribution in [0.3, 0.4) is 0 Å². The Morgan fingerprint density at radius 1 is 1.22 bits per heavy atom. The average Bonchev–Trinajstić information content (AvgIpc) is 2.34. The first-order chi connectivity index (χ1) is 8.56. The lowest BCUT2D eigenvalue weighted by Crippen LogP contribution is -1.97. The van der Waals surface area contributed by atoms with E-state index in [1.807, 2.05) is 32.0 Å². The molecule has 2 rings (SSSR count). The van der Waals surface area contributed by atoms with Gasteiger partial charge in [-0.05, 0) is 37.1 Å². The molecule has 0 atom stereocenters. The van der Waals surface area contributed by atoms with Crippen molar-refractivity contribution in [1.82, 2.24) is 4.98 Å². The van der Waals surface area contributed by atoms with Gasteiger partial charge < -0.3 is 5.32 Å². The molecule has 0 radical (unpaired) electrons. The summed E-state index contributed by atoms with van der Waals surface area (Å²) in [6.07, 6.45) is 1.24. The van der Waals surface area contributed by atoms with Crippen molar-refractivity contribution in [3.8, 4) is 0 Å². The van der Waals surface area contributed by atoms with E-state index in [0.717, 1.165) is 16.8 Å². The zero-order valence-corrected chi connectivity index (χ0v) is 10.2. The van der Waals surface area contributed by atoms with Gasteiger partial charge in [0.1, 0.15) is 12.0 Å². The largest absolute Gasteiger partial charge is 0.340 e. The molecule has 1 heterocycles. The number of aryl methyl sites for hydroxylation is 2. The first kappa shape index (κ1) is 12.0. The van der Waals surface area contributed by atoms with E-state index < -0.39 is 4.92 Å². The highest BCUT2D eigenvalue weighted by Gasteiger charge is 2.06. The van der Waals surface area contributed by atoms with Crippen molar-refractivity contribution in [2.45, 2.75) is 13.8 Å². The fraction of sp³-hybridized carbons (Fsp3) is 0.154. The number of hydrogen-bond acceptors (Lipinski definition) is 4. The van der Waals surface area contributed by atoms with Gasteiger partial charge in [0.25, 0.3) is 5.69 Å². The summed E-state index contributed by atoms with van der Waals surface area (Å²) in [6.45, 7) is 4.00. The Balaban J connectivity index is 2.23. The SMILES string of the molecule is Cc1ccc(C)c(Nc2ccc([N+](=O)[O-])cn2)c1. The van der Waals surface area contributed by atoms with Gasteiger partial charge in [0.15, 0.2) is 0 Å². The number of nitrogens with zero attached hydrogens (tertiary/aromatic N) is 2. The first-order valence-corrected chi connectivity index (χ1v) is 5.51. The van der Waals surface area contributed by atoms with Crippen LogP contribution in [-0.4, -0.2) is 9.91 Å². The molecular weight excluding hydrogens is 230 g/mol. The Bertz CT molecular complexity index is 579. The lowest BCUT2D eigenvalue weighted by Gasteiger charge is -2.09. The van der Waals surface area contributed by atoms with Gasteiger partial charge in [-0.15, -0.1) is 0 Å². The van der Waals surface area contributed by atoms with E-state index in [-0.39, 0.29) is 5.69 Å². The minimum absolute atomic E-state index is 0.0125. The third kappa shape index (κ3) is 2.63. The van der Waals surface area contributed by atoms with Crippen LogP contribution >= 0.6 is 0 Å². The van der Waals surface area contributed by atoms with Gasteiger partial charge in [0, 0.05) is 11.8 Å². The van der Waals surface area contributed by atoms with Gasteiger partial charge >= 0.3 is 0 Å². The Morgan fingerprint density at radius 3 is 2.61 bits per heavy atom. The number of rotatable bonds is 3. The maximum absolute atomic E-state index is 10.5. The van der Waals surface area contributed by atoms with Crippen LogP contribution in [0.4, 0.5) is 17.2 Å². The third-order valence-electron chi connectivity index (χ3n) is 2.61. The van der Waals surface area contributed by atoms with E-state index in [1.54, 1.807) is 6.07 Å². The van der Waals surface area contributed by atoms with E-state index in [0.29, 0.717) is 5.82 Å². The molecule has 0 aliphatic carbocycles. The van der Waals surface area contributed by atoms with Gasteiger partial charge in [-0.3, -0.25) is 10.1 Å². The van der Waals surface area contributed by atoms with Crippen LogP contribution in [0.1, 0.15) is 11.1 Å². The van der Waals surface area contributed by atoms with Crippen molar-refractivity contribution >= 4 is 17.2 Å². The molecule has 0 saturated carbocycles. The Kier molecular flexibility index (Phi) is 3.23. The summed E-state index contributed by atoms with van der Waals surface area (Å²) in [5.74, 6) is 0.592. The second kappa shape index (κ2) is 4.83. The number of nitro groups is 1. The van der Waals surface area contributed by atoms with E-state index in [1.165, 1.54) is 12.3 Å². The zero-order chi connectivity index (χ0) is 13.1. The number of anilines is 2. The van der Waals surface area contributed by atoms with Crippen LogP contribution in [0.15, 0.2) is 36.5 Å². The second-order valence-corrected chi connectivity index (χ2v) is 4.10. The van der Waals surface area contributed by atoms with Crippen molar-refractivity contribution < 1.29 is 4.92 Å². The maximum Gasteiger partial charge on any atom is 0.287 e. The van der Waals surface area contributed by atoms with Crippen molar-refractivity contribution in [3.05, 3.63) is 57.8 Å². The van der Waals surface area contributed by atoms with Gasteiger partial charge in [-0.1, -0.05) is 12.1 Å². The molecule has 18 heavy (non-hydrogen) atoms. The molecule has 0 bridgehead atoms. The van der Waals surface area contributed by atoms with E-state index in [4.69, 9.17) is 0 Å². The fourth-order valence-corrected chi connectivity index (χ4v) is 1.58. The van der Waals surface area contributed by atoms with Crippen LogP contribution in [-0.2, 0) is 0 Å². The topological polar surface area (TPSA) is 68.1 Å². The fourth-order valence-electron chi connectivity index (χ4n) is 1.58. The summed E-state index contributed by atoms with van der Waals surface area (Å²) in [4.78, 5) is 14.1. The van der Waals surface area contributed by atoms with Crippen molar-refractivity contribution in [1.29, 1.82) is 0 Å². The molecule has 92 valence electrons. The summed E-state index contributed by atoms with van der Waals surface area (Å²) in [7, 11) is 0. The number of nitrogens with one attached hydrogen (secondary N) is 1. The molecular formula is C13H13N3O2. The summed E-state index contributed by atoms with van der Waals surface area (Å²) in [6, 6.07) is 9.09. The van der Waals surface area contributed by atoms with Gasteiger partial charge in [-0.2, -0.15) is 0 Å². The number of aromatic nitrogens is 1. The quantitative estimate of drug-likeness (QED) is 0.663. The zero-order valence-electron chi connectivity index (χ0n) is 10.2. The number of benzene rings is 1. The van der Waals surface area contributed by atoms with Gasteiger partial charge in [0.05, 0.1) is 4.92 Å². The molecule has 1 N–H and O–H groups in total. The molecule has 0 fully saturated rings. The highest BCUT2D eigenvalue weighted by Crippen LogP contribution is 2.21. The predicted octanol–water partition coefficient (Wildman–Crippen LogP) is 3.35. The van der Waals surface area contributed by atoms with Crippen molar-refractivity contribution in [3.63, 3.8) is 0 Å². The smallest absolute Gasteiger partial charge is 0.287 e. The molecule has 0 saturated heterocycles. The first-order valence-electron chi connectivity index (χ1n) is 5.51. The molecule has 0 amide bonds. The summed E-state index contributed by atoms with van der Waals surface area (Å²) >= 11 is 0. The number of hydrogen-bond donors (Lipinski definition) is 1. The Morgan fingerprint density at radius 2 is 2.00 bits per heavy atom. The monoisotopic (exact) mass is 243 g/mol. The van der Waals surface area contributed by atoms with Crippen LogP contribution in [0.2, 0.25) is 0 Å². The average molecular weight is 243 g/mol. The summed E-state index contributed by atoms with van der Waals surface area (Å²) in [5.41, 5.74) is 3.18. The molecule has 2 aromatic rings. The lowest BCUT2D eigenvalue weighted by molar-refractivity contribution is -0.385. The summed E-state index contributed by atoms with van der Waals surface area (Å²) < 4.78 is 0. The molecule has 0 aliphatic heterocycles. The highest BCUT2D eigenvalue weighted by atomic mass is 16.6. The molecule has 1 aromatic heterocycles. The second-order valence-electron chi connectivity index (χ2n) is 4.10. The number of pyridine rings is 1. The van der Waals surface area contributed by atoms with Crippen LogP contribution in [0, 0.1) is 24.0 Å². The molecule has 0 aliphatic rings. The van der Waals surface area contributed by atoms with Crippen LogP contribution < -0.4 is 5.32 Å². The van der Waals surface area contributed by atoms with Crippen LogP contribution in [0.25, 0.3) is 0 Å². The van der Waals surface area contributed by atoms with Gasteiger partial charge in [-0.25, -0.2) is 4.98 Å². The van der Waals surface area contributed by atoms with Crippen molar-refractivity contribution in [2.75, 3.05) is 5.32 Å². The minimum Gasteiger partial charge on any atom is -0.340 e. The van der Waals surface area contributed by atoms with Gasteiger partial charge in [0.2, 0.25) is 0 Å². The standard InChI is InChI=1S/C13H13N3O2/c1-9-3-4-10(2)12(7-9)15-13-6-5-11(8-14-13)16(17)18/h3-8H,1-2H3,(H,14,15). The molecule has 1 aromatic carbocycles. The van der Waals surface area contributed by atoms with E-state index in [2.05, 4.69) is 10.3 Å². The molecule has 5 heteroatoms. The predicted molar refractivity (Wildman–Crippen MR) is 70.1 cm³/mol. The lowest BCUT2D eigenvalue weighted by atomic mass is 10.1. The summed E-state index contributed by atoms with van der Waals surface area (Å²) in [5, 5.41) is 13.7. The third-order valence-corrected chi connectivity index (χ3v) is 2.61.